The molecule has 25 heavy (non-hydrogen) atoms. The Morgan fingerprint density at radius 1 is 0.880 bits per heavy atom. The Kier molecular flexibility index (Phi) is 6.24. The van der Waals surface area contributed by atoms with Crippen LogP contribution in [0.15, 0.2) is 71.2 Å². The number of rotatable bonds is 6. The van der Waals surface area contributed by atoms with Crippen molar-refractivity contribution >= 4 is 44.8 Å². The molecule has 0 radical (unpaired) electrons. The summed E-state index contributed by atoms with van der Waals surface area (Å²) in [6.45, 7) is 1.11. The van der Waals surface area contributed by atoms with Crippen molar-refractivity contribution in [2.75, 3.05) is 5.32 Å². The van der Waals surface area contributed by atoms with Gasteiger partial charge in [-0.05, 0) is 60.2 Å². The lowest BCUT2D eigenvalue weighted by Crippen LogP contribution is -2.04. The number of ether oxygens (including phenoxy) is 1. The van der Waals surface area contributed by atoms with Gasteiger partial charge in [-0.2, -0.15) is 0 Å². The quantitative estimate of drug-likeness (QED) is 0.451. The van der Waals surface area contributed by atoms with Crippen LogP contribution >= 0.6 is 39.1 Å². The van der Waals surface area contributed by atoms with Gasteiger partial charge in [0.2, 0.25) is 0 Å². The van der Waals surface area contributed by atoms with E-state index in [9.17, 15) is 0 Å². The van der Waals surface area contributed by atoms with Gasteiger partial charge in [0.05, 0.1) is 0 Å². The van der Waals surface area contributed by atoms with E-state index in [1.54, 1.807) is 0 Å². The van der Waals surface area contributed by atoms with Gasteiger partial charge in [0, 0.05) is 32.3 Å². The van der Waals surface area contributed by atoms with Crippen LogP contribution in [-0.4, -0.2) is 0 Å². The molecule has 0 heterocycles. The fourth-order valence-electron chi connectivity index (χ4n) is 2.38. The Morgan fingerprint density at radius 2 is 1.68 bits per heavy atom. The summed E-state index contributed by atoms with van der Waals surface area (Å²) in [5.74, 6) is 0.838. The van der Waals surface area contributed by atoms with Gasteiger partial charge in [-0.15, -0.1) is 0 Å². The van der Waals surface area contributed by atoms with Gasteiger partial charge < -0.3 is 10.1 Å². The highest BCUT2D eigenvalue weighted by Gasteiger charge is 2.06. The smallest absolute Gasteiger partial charge is 0.124 e. The molecule has 0 unspecified atom stereocenters. The van der Waals surface area contributed by atoms with E-state index in [-0.39, 0.29) is 0 Å². The van der Waals surface area contributed by atoms with Crippen LogP contribution in [0.1, 0.15) is 11.1 Å². The standard InChI is InChI=1S/C20H16BrCl2NO/c21-16-4-9-20(25-13-14-2-1-3-18(23)10-14)15(11-16)12-24-19-7-5-17(22)6-8-19/h1-11,24H,12-13H2. The van der Waals surface area contributed by atoms with Gasteiger partial charge in [-0.1, -0.05) is 51.3 Å². The molecule has 0 aliphatic rings. The van der Waals surface area contributed by atoms with Gasteiger partial charge in [-0.3, -0.25) is 0 Å². The molecule has 0 spiro atoms. The predicted octanol–water partition coefficient (Wildman–Crippen LogP) is 6.95. The van der Waals surface area contributed by atoms with Gasteiger partial charge in [0.1, 0.15) is 12.4 Å². The minimum atomic E-state index is 0.468. The fourth-order valence-corrected chi connectivity index (χ4v) is 3.13. The maximum absolute atomic E-state index is 6.03. The van der Waals surface area contributed by atoms with Crippen LogP contribution in [0.25, 0.3) is 0 Å². The van der Waals surface area contributed by atoms with E-state index in [1.807, 2.05) is 60.7 Å². The van der Waals surface area contributed by atoms with Crippen LogP contribution in [0.4, 0.5) is 5.69 Å². The van der Waals surface area contributed by atoms with Gasteiger partial charge in [0.25, 0.3) is 0 Å². The van der Waals surface area contributed by atoms with Crippen LogP contribution in [0.5, 0.6) is 5.75 Å². The lowest BCUT2D eigenvalue weighted by molar-refractivity contribution is 0.303. The Hall–Kier alpha value is -1.68. The molecular formula is C20H16BrCl2NO. The third-order valence-electron chi connectivity index (χ3n) is 3.63. The van der Waals surface area contributed by atoms with E-state index in [4.69, 9.17) is 27.9 Å². The Balaban J connectivity index is 1.70. The van der Waals surface area contributed by atoms with Crippen molar-refractivity contribution in [3.05, 3.63) is 92.4 Å². The second kappa shape index (κ2) is 8.61. The van der Waals surface area contributed by atoms with Crippen molar-refractivity contribution in [3.63, 3.8) is 0 Å². The zero-order valence-corrected chi connectivity index (χ0v) is 16.4. The average Bonchev–Trinajstić information content (AvgIpc) is 2.60. The Morgan fingerprint density at radius 3 is 2.44 bits per heavy atom. The first-order chi connectivity index (χ1) is 12.1. The summed E-state index contributed by atoms with van der Waals surface area (Å²) in [6.07, 6.45) is 0. The summed E-state index contributed by atoms with van der Waals surface area (Å²) < 4.78 is 7.01. The molecule has 0 aliphatic heterocycles. The van der Waals surface area contributed by atoms with Crippen LogP contribution in [0.2, 0.25) is 10.0 Å². The Labute approximate surface area is 165 Å². The highest BCUT2D eigenvalue weighted by molar-refractivity contribution is 9.10. The van der Waals surface area contributed by atoms with E-state index >= 15 is 0 Å². The van der Waals surface area contributed by atoms with E-state index in [2.05, 4.69) is 27.3 Å². The molecule has 0 fully saturated rings. The molecule has 0 saturated carbocycles. The number of hydrogen-bond acceptors (Lipinski definition) is 2. The normalized spacial score (nSPS) is 10.5. The first-order valence-electron chi connectivity index (χ1n) is 7.75. The highest BCUT2D eigenvalue weighted by Crippen LogP contribution is 2.26. The molecule has 0 aliphatic carbocycles. The van der Waals surface area contributed by atoms with Crippen molar-refractivity contribution in [1.82, 2.24) is 0 Å². The largest absolute Gasteiger partial charge is 0.489 e. The first kappa shape index (κ1) is 18.1. The summed E-state index contributed by atoms with van der Waals surface area (Å²) in [6, 6.07) is 21.3. The van der Waals surface area contributed by atoms with Gasteiger partial charge in [-0.25, -0.2) is 0 Å². The molecule has 3 aromatic carbocycles. The molecule has 0 bridgehead atoms. The van der Waals surface area contributed by atoms with E-state index < -0.39 is 0 Å². The summed E-state index contributed by atoms with van der Waals surface area (Å²) in [7, 11) is 0. The molecule has 5 heteroatoms. The third-order valence-corrected chi connectivity index (χ3v) is 4.61. The molecule has 3 rings (SSSR count). The number of hydrogen-bond donors (Lipinski definition) is 1. The lowest BCUT2D eigenvalue weighted by atomic mass is 10.2. The topological polar surface area (TPSA) is 21.3 Å². The van der Waals surface area contributed by atoms with E-state index in [0.717, 1.165) is 32.1 Å². The minimum absolute atomic E-state index is 0.468. The number of halogens is 3. The average molecular weight is 437 g/mol. The number of nitrogens with one attached hydrogen (secondary N) is 1. The molecule has 0 saturated heterocycles. The van der Waals surface area contributed by atoms with Crippen molar-refractivity contribution in [2.45, 2.75) is 13.2 Å². The molecular weight excluding hydrogens is 421 g/mol. The molecule has 128 valence electrons. The first-order valence-corrected chi connectivity index (χ1v) is 9.30. The fraction of sp³-hybridized carbons (Fsp3) is 0.100. The summed E-state index contributed by atoms with van der Waals surface area (Å²) >= 11 is 15.5. The van der Waals surface area contributed by atoms with Crippen molar-refractivity contribution in [3.8, 4) is 5.75 Å². The van der Waals surface area contributed by atoms with Crippen LogP contribution in [-0.2, 0) is 13.2 Å². The van der Waals surface area contributed by atoms with Crippen LogP contribution in [0.3, 0.4) is 0 Å². The predicted molar refractivity (Wildman–Crippen MR) is 109 cm³/mol. The molecule has 1 N–H and O–H groups in total. The van der Waals surface area contributed by atoms with Crippen molar-refractivity contribution < 1.29 is 4.74 Å². The second-order valence-electron chi connectivity index (χ2n) is 5.53. The summed E-state index contributed by atoms with van der Waals surface area (Å²) in [5, 5.41) is 4.81. The molecule has 0 aromatic heterocycles. The molecule has 3 aromatic rings. The van der Waals surface area contributed by atoms with E-state index in [0.29, 0.717) is 18.2 Å². The molecule has 0 amide bonds. The summed E-state index contributed by atoms with van der Waals surface area (Å²) in [5.41, 5.74) is 3.10. The third kappa shape index (κ3) is 5.40. The molecule has 2 nitrogen and oxygen atoms in total. The van der Waals surface area contributed by atoms with Gasteiger partial charge in [0.15, 0.2) is 0 Å². The van der Waals surface area contributed by atoms with Crippen molar-refractivity contribution in [2.24, 2.45) is 0 Å². The van der Waals surface area contributed by atoms with Gasteiger partial charge >= 0.3 is 0 Å². The SMILES string of the molecule is Clc1ccc(NCc2cc(Br)ccc2OCc2cccc(Cl)c2)cc1. The number of benzene rings is 3. The number of anilines is 1. The van der Waals surface area contributed by atoms with Crippen LogP contribution in [0, 0.1) is 0 Å². The summed E-state index contributed by atoms with van der Waals surface area (Å²) in [4.78, 5) is 0. The minimum Gasteiger partial charge on any atom is -0.489 e. The second-order valence-corrected chi connectivity index (χ2v) is 7.32. The Bertz CT molecular complexity index is 853. The van der Waals surface area contributed by atoms with Crippen molar-refractivity contribution in [1.29, 1.82) is 0 Å². The monoisotopic (exact) mass is 435 g/mol. The zero-order valence-electron chi connectivity index (χ0n) is 13.3. The maximum Gasteiger partial charge on any atom is 0.124 e. The molecule has 0 atom stereocenters. The zero-order chi connectivity index (χ0) is 17.6. The lowest BCUT2D eigenvalue weighted by Gasteiger charge is -2.14. The van der Waals surface area contributed by atoms with E-state index in [1.165, 1.54) is 0 Å². The van der Waals surface area contributed by atoms with Crippen LogP contribution < -0.4 is 10.1 Å². The highest BCUT2D eigenvalue weighted by atomic mass is 79.9. The maximum atomic E-state index is 6.03.